The number of hydrogen-bond donors (Lipinski definition) is 0. The number of allylic oxidation sites excluding steroid dienone is 3. The predicted octanol–water partition coefficient (Wildman–Crippen LogP) is 12.3. The molecule has 0 bridgehead atoms. The third-order valence-electron chi connectivity index (χ3n) is 7.36. The smallest absolute Gasteiger partial charge is 0.373 e. The van der Waals surface area contributed by atoms with Crippen LogP contribution in [-0.4, -0.2) is 28.6 Å². The van der Waals surface area contributed by atoms with Crippen molar-refractivity contribution in [2.45, 2.75) is 175 Å². The zero-order valence-electron chi connectivity index (χ0n) is 27.6. The average Bonchev–Trinajstić information content (AvgIpc) is 2.96. The summed E-state index contributed by atoms with van der Waals surface area (Å²) in [7, 11) is -2.68. The van der Waals surface area contributed by atoms with E-state index < -0.39 is 8.80 Å². The standard InChI is InChI=1S/C36H70O3Si/c1-5-9-13-17-18-19-20-21-22-23-24-25-26-27-28-32-36-40(37-33-29-14-10-6-2,38-34-30-15-11-7-3)39-35-31-16-12-8-4/h10-12,14-16H,5-9,13,17-36H2,1-4H3/b14-10+,15-11+,16-12+. The van der Waals surface area contributed by atoms with Gasteiger partial charge < -0.3 is 13.3 Å². The summed E-state index contributed by atoms with van der Waals surface area (Å²) in [6, 6.07) is 0.942. The minimum atomic E-state index is -2.68. The van der Waals surface area contributed by atoms with E-state index in [9.17, 15) is 0 Å². The summed E-state index contributed by atoms with van der Waals surface area (Å²) < 4.78 is 19.5. The van der Waals surface area contributed by atoms with E-state index in [2.05, 4.69) is 64.2 Å². The first-order valence-electron chi connectivity index (χ1n) is 17.6. The highest BCUT2D eigenvalue weighted by molar-refractivity contribution is 6.60. The summed E-state index contributed by atoms with van der Waals surface area (Å²) in [5.41, 5.74) is 0. The van der Waals surface area contributed by atoms with Gasteiger partial charge >= 0.3 is 8.80 Å². The largest absolute Gasteiger partial charge is 0.500 e. The molecule has 0 atom stereocenters. The fourth-order valence-electron chi connectivity index (χ4n) is 4.93. The van der Waals surface area contributed by atoms with E-state index in [1.807, 2.05) is 0 Å². The van der Waals surface area contributed by atoms with Crippen LogP contribution in [0.3, 0.4) is 0 Å². The van der Waals surface area contributed by atoms with Crippen molar-refractivity contribution < 1.29 is 13.3 Å². The summed E-state index contributed by atoms with van der Waals surface area (Å²) >= 11 is 0. The van der Waals surface area contributed by atoms with Gasteiger partial charge in [0.1, 0.15) is 0 Å². The lowest BCUT2D eigenvalue weighted by Gasteiger charge is -2.29. The molecule has 0 saturated heterocycles. The summed E-state index contributed by atoms with van der Waals surface area (Å²) in [5, 5.41) is 0. The molecule has 0 spiro atoms. The molecule has 4 heteroatoms. The van der Waals surface area contributed by atoms with Crippen LogP contribution in [0.5, 0.6) is 0 Å². The Balaban J connectivity index is 4.39. The van der Waals surface area contributed by atoms with E-state index in [4.69, 9.17) is 13.3 Å². The Bertz CT molecular complexity index is 522. The lowest BCUT2D eigenvalue weighted by Crippen LogP contribution is -2.46. The Kier molecular flexibility index (Phi) is 32.3. The molecule has 0 aliphatic heterocycles. The molecule has 0 rings (SSSR count). The van der Waals surface area contributed by atoms with Gasteiger partial charge in [0, 0.05) is 25.9 Å². The van der Waals surface area contributed by atoms with E-state index in [1.165, 1.54) is 96.3 Å². The second kappa shape index (κ2) is 32.8. The van der Waals surface area contributed by atoms with Crippen molar-refractivity contribution in [2.24, 2.45) is 0 Å². The molecule has 0 aliphatic rings. The van der Waals surface area contributed by atoms with Crippen molar-refractivity contribution in [1.82, 2.24) is 0 Å². The highest BCUT2D eigenvalue weighted by Gasteiger charge is 2.40. The number of hydrogen-bond acceptors (Lipinski definition) is 3. The molecule has 0 heterocycles. The van der Waals surface area contributed by atoms with Crippen molar-refractivity contribution in [3.05, 3.63) is 36.5 Å². The molecule has 40 heavy (non-hydrogen) atoms. The van der Waals surface area contributed by atoms with Gasteiger partial charge in [-0.3, -0.25) is 0 Å². The first-order chi connectivity index (χ1) is 19.7. The van der Waals surface area contributed by atoms with Gasteiger partial charge in [-0.25, -0.2) is 0 Å². The third-order valence-corrected chi connectivity index (χ3v) is 10.3. The molecule has 0 aromatic rings. The van der Waals surface area contributed by atoms with Crippen LogP contribution >= 0.6 is 0 Å². The Morgan fingerprint density at radius 3 is 0.975 bits per heavy atom. The zero-order valence-corrected chi connectivity index (χ0v) is 28.6. The molecule has 0 unspecified atom stereocenters. The normalized spacial score (nSPS) is 12.6. The molecule has 0 radical (unpaired) electrons. The van der Waals surface area contributed by atoms with Crippen LogP contribution in [0.1, 0.15) is 169 Å². The first-order valence-corrected chi connectivity index (χ1v) is 19.5. The minimum absolute atomic E-state index is 0.692. The molecule has 0 aromatic carbocycles. The van der Waals surface area contributed by atoms with Gasteiger partial charge in [0.05, 0.1) is 0 Å². The minimum Gasteiger partial charge on any atom is -0.373 e. The van der Waals surface area contributed by atoms with Crippen LogP contribution in [-0.2, 0) is 13.3 Å². The molecule has 0 fully saturated rings. The topological polar surface area (TPSA) is 27.7 Å². The van der Waals surface area contributed by atoms with E-state index in [-0.39, 0.29) is 0 Å². The SMILES string of the molecule is CC/C=C/CCO[Si](CCCCCCCCCCCCCCCCCC)(OCC/C=C/CC)OCC/C=C/CC. The molecule has 0 aromatic heterocycles. The molecule has 0 amide bonds. The van der Waals surface area contributed by atoms with Gasteiger partial charge in [-0.05, 0) is 44.9 Å². The Labute approximate surface area is 253 Å². The zero-order chi connectivity index (χ0) is 29.2. The maximum Gasteiger partial charge on any atom is 0.500 e. The molecule has 0 N–H and O–H groups in total. The Morgan fingerprint density at radius 1 is 0.375 bits per heavy atom. The van der Waals surface area contributed by atoms with Crippen LogP contribution in [0.4, 0.5) is 0 Å². The third kappa shape index (κ3) is 27.5. The van der Waals surface area contributed by atoms with Crippen molar-refractivity contribution in [3.63, 3.8) is 0 Å². The molecular weight excluding hydrogens is 508 g/mol. The van der Waals surface area contributed by atoms with Crippen molar-refractivity contribution in [1.29, 1.82) is 0 Å². The van der Waals surface area contributed by atoms with E-state index in [0.717, 1.165) is 51.0 Å². The predicted molar refractivity (Wildman–Crippen MR) is 180 cm³/mol. The van der Waals surface area contributed by atoms with Gasteiger partial charge in [-0.15, -0.1) is 0 Å². The van der Waals surface area contributed by atoms with Gasteiger partial charge in [-0.2, -0.15) is 0 Å². The maximum atomic E-state index is 6.51. The molecular formula is C36H70O3Si. The van der Waals surface area contributed by atoms with Gasteiger partial charge in [0.25, 0.3) is 0 Å². The second-order valence-corrected chi connectivity index (χ2v) is 14.0. The van der Waals surface area contributed by atoms with Gasteiger partial charge in [0.15, 0.2) is 0 Å². The average molecular weight is 579 g/mol. The fraction of sp³-hybridized carbons (Fsp3) is 0.833. The van der Waals surface area contributed by atoms with Crippen LogP contribution in [0.25, 0.3) is 0 Å². The monoisotopic (exact) mass is 579 g/mol. The molecule has 0 aliphatic carbocycles. The Hall–Kier alpha value is -0.683. The summed E-state index contributed by atoms with van der Waals surface area (Å²) in [6.07, 6.45) is 41.5. The lowest BCUT2D eigenvalue weighted by molar-refractivity contribution is 0.0622. The maximum absolute atomic E-state index is 6.51. The van der Waals surface area contributed by atoms with Crippen LogP contribution in [0.15, 0.2) is 36.5 Å². The number of unbranched alkanes of at least 4 members (excludes halogenated alkanes) is 15. The molecule has 3 nitrogen and oxygen atoms in total. The van der Waals surface area contributed by atoms with Crippen LogP contribution < -0.4 is 0 Å². The van der Waals surface area contributed by atoms with Crippen LogP contribution in [0, 0.1) is 0 Å². The molecule has 236 valence electrons. The van der Waals surface area contributed by atoms with E-state index in [1.54, 1.807) is 0 Å². The molecule has 0 saturated carbocycles. The first kappa shape index (κ1) is 39.3. The van der Waals surface area contributed by atoms with Crippen molar-refractivity contribution in [2.75, 3.05) is 19.8 Å². The highest BCUT2D eigenvalue weighted by Crippen LogP contribution is 2.22. The van der Waals surface area contributed by atoms with Crippen molar-refractivity contribution >= 4 is 8.80 Å². The highest BCUT2D eigenvalue weighted by atomic mass is 28.4. The van der Waals surface area contributed by atoms with Gasteiger partial charge in [0.2, 0.25) is 0 Å². The number of rotatable bonds is 32. The van der Waals surface area contributed by atoms with Crippen LogP contribution in [0.2, 0.25) is 6.04 Å². The van der Waals surface area contributed by atoms with E-state index >= 15 is 0 Å². The van der Waals surface area contributed by atoms with Crippen molar-refractivity contribution in [3.8, 4) is 0 Å². The second-order valence-electron chi connectivity index (χ2n) is 11.3. The van der Waals surface area contributed by atoms with E-state index in [0.29, 0.717) is 19.8 Å². The lowest BCUT2D eigenvalue weighted by atomic mass is 10.0. The summed E-state index contributed by atoms with van der Waals surface area (Å²) in [4.78, 5) is 0. The quantitative estimate of drug-likeness (QED) is 0.0451. The fourth-order valence-corrected chi connectivity index (χ4v) is 7.58. The Morgan fingerprint density at radius 2 is 0.675 bits per heavy atom. The summed E-state index contributed by atoms with van der Waals surface area (Å²) in [6.45, 7) is 10.9. The summed E-state index contributed by atoms with van der Waals surface area (Å²) in [5.74, 6) is 0. The van der Waals surface area contributed by atoms with Gasteiger partial charge in [-0.1, -0.05) is 160 Å².